The van der Waals surface area contributed by atoms with Gasteiger partial charge in [0.15, 0.2) is 0 Å². The van der Waals surface area contributed by atoms with E-state index in [4.69, 9.17) is 5.26 Å². The molecule has 0 saturated carbocycles. The molecule has 1 aromatic heterocycles. The highest BCUT2D eigenvalue weighted by atomic mass is 15.2. The maximum Gasteiger partial charge on any atom is 0.128 e. The Kier molecular flexibility index (Phi) is 5.48. The largest absolute Gasteiger partial charge is 0.354 e. The SMILES string of the molecule is CCC.CCc1ccc(N2CC(C#N)C2)nc1. The highest BCUT2D eigenvalue weighted by molar-refractivity contribution is 5.43. The summed E-state index contributed by atoms with van der Waals surface area (Å²) in [5.74, 6) is 1.19. The Bertz CT molecular complexity index is 358. The first-order valence-corrected chi connectivity index (χ1v) is 6.34. The highest BCUT2D eigenvalue weighted by Gasteiger charge is 2.26. The van der Waals surface area contributed by atoms with E-state index in [0.717, 1.165) is 25.3 Å². The summed E-state index contributed by atoms with van der Waals surface area (Å²) in [4.78, 5) is 6.49. The minimum Gasteiger partial charge on any atom is -0.354 e. The number of aryl methyl sites for hydroxylation is 1. The molecule has 1 aliphatic rings. The van der Waals surface area contributed by atoms with Crippen LogP contribution in [0.5, 0.6) is 0 Å². The van der Waals surface area contributed by atoms with Gasteiger partial charge in [0.05, 0.1) is 12.0 Å². The highest BCUT2D eigenvalue weighted by Crippen LogP contribution is 2.21. The van der Waals surface area contributed by atoms with Crippen molar-refractivity contribution in [2.24, 2.45) is 5.92 Å². The van der Waals surface area contributed by atoms with Crippen molar-refractivity contribution >= 4 is 5.82 Å². The molecular formula is C14H21N3. The van der Waals surface area contributed by atoms with Gasteiger partial charge in [-0.2, -0.15) is 5.26 Å². The van der Waals surface area contributed by atoms with Gasteiger partial charge in [-0.25, -0.2) is 4.98 Å². The molecule has 92 valence electrons. The zero-order valence-electron chi connectivity index (χ0n) is 11.0. The van der Waals surface area contributed by atoms with Crippen molar-refractivity contribution in [2.75, 3.05) is 18.0 Å². The summed E-state index contributed by atoms with van der Waals surface area (Å²) in [5, 5.41) is 8.64. The lowest BCUT2D eigenvalue weighted by Gasteiger charge is -2.36. The van der Waals surface area contributed by atoms with Crippen LogP contribution < -0.4 is 4.90 Å². The van der Waals surface area contributed by atoms with Gasteiger partial charge in [0.25, 0.3) is 0 Å². The van der Waals surface area contributed by atoms with Crippen LogP contribution in [0.15, 0.2) is 18.3 Å². The van der Waals surface area contributed by atoms with E-state index in [1.54, 1.807) is 0 Å². The van der Waals surface area contributed by atoms with Crippen LogP contribution in [-0.4, -0.2) is 18.1 Å². The number of hydrogen-bond acceptors (Lipinski definition) is 3. The average Bonchev–Trinajstić information content (AvgIpc) is 2.30. The van der Waals surface area contributed by atoms with Crippen LogP contribution in [-0.2, 0) is 6.42 Å². The molecule has 0 aliphatic carbocycles. The summed E-state index contributed by atoms with van der Waals surface area (Å²) in [6.45, 7) is 8.02. The molecule has 0 spiro atoms. The Balaban J connectivity index is 0.000000437. The molecule has 0 unspecified atom stereocenters. The lowest BCUT2D eigenvalue weighted by Crippen LogP contribution is -2.46. The van der Waals surface area contributed by atoms with Crippen molar-refractivity contribution in [1.82, 2.24) is 4.98 Å². The fourth-order valence-electron chi connectivity index (χ4n) is 1.56. The van der Waals surface area contributed by atoms with E-state index in [0.29, 0.717) is 0 Å². The first-order chi connectivity index (χ1) is 8.24. The summed E-state index contributed by atoms with van der Waals surface area (Å²) in [5.41, 5.74) is 1.26. The van der Waals surface area contributed by atoms with Crippen molar-refractivity contribution in [1.29, 1.82) is 5.26 Å². The third-order valence-electron chi connectivity index (χ3n) is 2.61. The van der Waals surface area contributed by atoms with Gasteiger partial charge in [-0.3, -0.25) is 0 Å². The van der Waals surface area contributed by atoms with Gasteiger partial charge < -0.3 is 4.90 Å². The molecule has 0 amide bonds. The second kappa shape index (κ2) is 6.90. The summed E-state index contributed by atoms with van der Waals surface area (Å²) in [6.07, 6.45) is 4.18. The molecule has 1 aromatic rings. The number of nitrogens with zero attached hydrogens (tertiary/aromatic N) is 3. The van der Waals surface area contributed by atoms with E-state index in [-0.39, 0.29) is 5.92 Å². The molecule has 0 aromatic carbocycles. The monoisotopic (exact) mass is 231 g/mol. The maximum atomic E-state index is 8.64. The zero-order valence-corrected chi connectivity index (χ0v) is 11.0. The van der Waals surface area contributed by atoms with Crippen molar-refractivity contribution in [3.05, 3.63) is 23.9 Å². The van der Waals surface area contributed by atoms with Crippen LogP contribution in [0.2, 0.25) is 0 Å². The Morgan fingerprint density at radius 1 is 1.35 bits per heavy atom. The van der Waals surface area contributed by atoms with Crippen molar-refractivity contribution in [3.63, 3.8) is 0 Å². The average molecular weight is 231 g/mol. The van der Waals surface area contributed by atoms with Gasteiger partial charge in [-0.05, 0) is 18.1 Å². The van der Waals surface area contributed by atoms with Gasteiger partial charge in [0.2, 0.25) is 0 Å². The van der Waals surface area contributed by atoms with E-state index >= 15 is 0 Å². The molecule has 0 N–H and O–H groups in total. The van der Waals surface area contributed by atoms with Gasteiger partial charge in [-0.15, -0.1) is 0 Å². The number of aromatic nitrogens is 1. The Morgan fingerprint density at radius 2 is 2.00 bits per heavy atom. The number of pyridine rings is 1. The second-order valence-corrected chi connectivity index (χ2v) is 4.32. The lowest BCUT2D eigenvalue weighted by molar-refractivity contribution is 0.499. The van der Waals surface area contributed by atoms with Gasteiger partial charge in [0.1, 0.15) is 5.82 Å². The summed E-state index contributed by atoms with van der Waals surface area (Å²) < 4.78 is 0. The van der Waals surface area contributed by atoms with Crippen molar-refractivity contribution in [3.8, 4) is 6.07 Å². The Labute approximate surface area is 104 Å². The molecule has 2 heterocycles. The number of rotatable bonds is 2. The molecule has 3 heteroatoms. The fraction of sp³-hybridized carbons (Fsp3) is 0.571. The van der Waals surface area contributed by atoms with E-state index in [1.807, 2.05) is 12.3 Å². The summed E-state index contributed by atoms with van der Waals surface area (Å²) in [6, 6.07) is 6.39. The maximum absolute atomic E-state index is 8.64. The van der Waals surface area contributed by atoms with Crippen LogP contribution in [0.3, 0.4) is 0 Å². The number of nitriles is 1. The smallest absolute Gasteiger partial charge is 0.128 e. The van der Waals surface area contributed by atoms with E-state index in [2.05, 4.69) is 42.8 Å². The van der Waals surface area contributed by atoms with Crippen molar-refractivity contribution < 1.29 is 0 Å². The second-order valence-electron chi connectivity index (χ2n) is 4.32. The predicted octanol–water partition coefficient (Wildman–Crippen LogP) is 3.02. The van der Waals surface area contributed by atoms with Gasteiger partial charge >= 0.3 is 0 Å². The molecule has 0 bridgehead atoms. The van der Waals surface area contributed by atoms with Crippen LogP contribution in [0, 0.1) is 17.2 Å². The van der Waals surface area contributed by atoms with E-state index < -0.39 is 0 Å². The standard InChI is InChI=1S/C11H13N3.C3H8/c1-2-9-3-4-11(13-6-9)14-7-10(5-12)8-14;1-3-2/h3-4,6,10H,2,7-8H2,1H3;3H2,1-2H3. The quantitative estimate of drug-likeness (QED) is 0.785. The first kappa shape index (κ1) is 13.5. The van der Waals surface area contributed by atoms with Crippen LogP contribution in [0.1, 0.15) is 32.8 Å². The van der Waals surface area contributed by atoms with Crippen LogP contribution in [0.25, 0.3) is 0 Å². The molecule has 17 heavy (non-hydrogen) atoms. The molecule has 1 aliphatic heterocycles. The van der Waals surface area contributed by atoms with Gasteiger partial charge in [0, 0.05) is 19.3 Å². The number of hydrogen-bond donors (Lipinski definition) is 0. The zero-order chi connectivity index (χ0) is 12.7. The third-order valence-corrected chi connectivity index (χ3v) is 2.61. The molecule has 1 fully saturated rings. The lowest BCUT2D eigenvalue weighted by atomic mass is 10.0. The first-order valence-electron chi connectivity index (χ1n) is 6.34. The summed E-state index contributed by atoms with van der Waals surface area (Å²) in [7, 11) is 0. The summed E-state index contributed by atoms with van der Waals surface area (Å²) >= 11 is 0. The van der Waals surface area contributed by atoms with Crippen LogP contribution in [0.4, 0.5) is 5.82 Å². The number of anilines is 1. The molecule has 0 atom stereocenters. The minimum absolute atomic E-state index is 0.197. The molecule has 1 saturated heterocycles. The normalized spacial score (nSPS) is 14.4. The van der Waals surface area contributed by atoms with Gasteiger partial charge in [-0.1, -0.05) is 33.3 Å². The molecule has 2 rings (SSSR count). The molecule has 3 nitrogen and oxygen atoms in total. The molecule has 0 radical (unpaired) electrons. The third kappa shape index (κ3) is 3.74. The minimum atomic E-state index is 0.197. The predicted molar refractivity (Wildman–Crippen MR) is 70.9 cm³/mol. The Morgan fingerprint density at radius 3 is 2.41 bits per heavy atom. The topological polar surface area (TPSA) is 39.9 Å². The van der Waals surface area contributed by atoms with E-state index in [1.165, 1.54) is 12.0 Å². The van der Waals surface area contributed by atoms with E-state index in [9.17, 15) is 0 Å². The van der Waals surface area contributed by atoms with Crippen molar-refractivity contribution in [2.45, 2.75) is 33.6 Å². The van der Waals surface area contributed by atoms with Crippen LogP contribution >= 0.6 is 0 Å². The fourth-order valence-corrected chi connectivity index (χ4v) is 1.56. The Hall–Kier alpha value is -1.56. The molecular weight excluding hydrogens is 210 g/mol.